The van der Waals surface area contributed by atoms with E-state index in [4.69, 9.17) is 5.73 Å². The second kappa shape index (κ2) is 5.75. The summed E-state index contributed by atoms with van der Waals surface area (Å²) in [6.45, 7) is 3.05. The number of rotatable bonds is 2. The summed E-state index contributed by atoms with van der Waals surface area (Å²) in [5, 5.41) is 0. The minimum atomic E-state index is 0.0366. The van der Waals surface area contributed by atoms with E-state index in [0.29, 0.717) is 0 Å². The summed E-state index contributed by atoms with van der Waals surface area (Å²) in [7, 11) is 0. The van der Waals surface area contributed by atoms with Crippen LogP contribution in [0.3, 0.4) is 0 Å². The first-order valence-electron chi connectivity index (χ1n) is 7.32. The van der Waals surface area contributed by atoms with Crippen molar-refractivity contribution in [3.63, 3.8) is 0 Å². The van der Waals surface area contributed by atoms with Crippen LogP contribution in [0, 0.1) is 5.92 Å². The largest absolute Gasteiger partial charge is 0.339 e. The van der Waals surface area contributed by atoms with Gasteiger partial charge in [-0.25, -0.2) is 9.97 Å². The smallest absolute Gasteiger partial charge is 0.227 e. The third-order valence-electron chi connectivity index (χ3n) is 4.31. The van der Waals surface area contributed by atoms with Crippen LogP contribution in [0.25, 0.3) is 0 Å². The molecule has 2 heterocycles. The van der Waals surface area contributed by atoms with Crippen molar-refractivity contribution >= 4 is 11.9 Å². The van der Waals surface area contributed by atoms with Gasteiger partial charge in [-0.1, -0.05) is 6.42 Å². The number of anilines is 1. The molecule has 1 saturated heterocycles. The predicted octanol–water partition coefficient (Wildman–Crippen LogP) is 0.253. The second-order valence-electron chi connectivity index (χ2n) is 5.56. The Morgan fingerprint density at radius 2 is 1.85 bits per heavy atom. The molecule has 20 heavy (non-hydrogen) atoms. The summed E-state index contributed by atoms with van der Waals surface area (Å²) in [6.07, 6.45) is 6.50. The molecule has 2 atom stereocenters. The lowest BCUT2D eigenvalue weighted by Crippen LogP contribution is -2.52. The summed E-state index contributed by atoms with van der Waals surface area (Å²) in [4.78, 5) is 25.0. The van der Waals surface area contributed by atoms with E-state index in [0.717, 1.165) is 51.4 Å². The Morgan fingerprint density at radius 1 is 1.15 bits per heavy atom. The van der Waals surface area contributed by atoms with Crippen LogP contribution in [0.5, 0.6) is 0 Å². The maximum Gasteiger partial charge on any atom is 0.227 e. The van der Waals surface area contributed by atoms with Gasteiger partial charge in [-0.05, 0) is 18.9 Å². The van der Waals surface area contributed by atoms with E-state index in [1.54, 1.807) is 12.4 Å². The molecule has 2 aliphatic rings. The van der Waals surface area contributed by atoms with Gasteiger partial charge in [0.05, 0.1) is 5.92 Å². The first-order chi connectivity index (χ1) is 9.75. The number of aromatic nitrogens is 2. The van der Waals surface area contributed by atoms with Crippen LogP contribution < -0.4 is 10.6 Å². The highest BCUT2D eigenvalue weighted by Crippen LogP contribution is 2.26. The van der Waals surface area contributed by atoms with Gasteiger partial charge in [0.15, 0.2) is 0 Å². The fourth-order valence-electron chi connectivity index (χ4n) is 3.11. The molecule has 2 N–H and O–H groups in total. The van der Waals surface area contributed by atoms with E-state index < -0.39 is 0 Å². The molecular weight excluding hydrogens is 254 g/mol. The summed E-state index contributed by atoms with van der Waals surface area (Å²) in [6, 6.07) is 1.86. The fraction of sp³-hybridized carbons (Fsp3) is 0.643. The Hall–Kier alpha value is -1.69. The average molecular weight is 275 g/mol. The van der Waals surface area contributed by atoms with Gasteiger partial charge in [-0.2, -0.15) is 0 Å². The molecule has 1 aliphatic heterocycles. The van der Waals surface area contributed by atoms with Crippen molar-refractivity contribution in [1.82, 2.24) is 14.9 Å². The molecule has 1 amide bonds. The average Bonchev–Trinajstić information content (AvgIpc) is 2.94. The normalized spacial score (nSPS) is 26.9. The molecule has 0 spiro atoms. The topological polar surface area (TPSA) is 75.4 Å². The molecule has 1 aliphatic carbocycles. The number of hydrogen-bond acceptors (Lipinski definition) is 5. The van der Waals surface area contributed by atoms with Crippen LogP contribution in [0.2, 0.25) is 0 Å². The van der Waals surface area contributed by atoms with Crippen molar-refractivity contribution in [2.75, 3.05) is 31.1 Å². The first-order valence-corrected chi connectivity index (χ1v) is 7.32. The van der Waals surface area contributed by atoms with Crippen LogP contribution in [0.15, 0.2) is 18.5 Å². The highest BCUT2D eigenvalue weighted by Gasteiger charge is 2.34. The van der Waals surface area contributed by atoms with Crippen LogP contribution in [-0.2, 0) is 4.79 Å². The van der Waals surface area contributed by atoms with Crippen LogP contribution in [0.1, 0.15) is 19.3 Å². The summed E-state index contributed by atoms with van der Waals surface area (Å²) >= 11 is 0. The predicted molar refractivity (Wildman–Crippen MR) is 76.1 cm³/mol. The molecule has 1 aromatic rings. The zero-order valence-electron chi connectivity index (χ0n) is 11.6. The third-order valence-corrected chi connectivity index (χ3v) is 4.31. The highest BCUT2D eigenvalue weighted by atomic mass is 16.2. The van der Waals surface area contributed by atoms with Gasteiger partial charge in [0.2, 0.25) is 11.9 Å². The Kier molecular flexibility index (Phi) is 3.82. The standard InChI is InChI=1S/C14H21N5O/c15-12-4-1-3-11(12)13(20)18-7-9-19(10-8-18)14-16-5-2-6-17-14/h2,5-6,11-12H,1,3-4,7-10,15H2. The fourth-order valence-corrected chi connectivity index (χ4v) is 3.11. The van der Waals surface area contributed by atoms with Crippen LogP contribution in [-0.4, -0.2) is 53.0 Å². The number of nitrogens with zero attached hydrogens (tertiary/aromatic N) is 4. The highest BCUT2D eigenvalue weighted by molar-refractivity contribution is 5.80. The quantitative estimate of drug-likeness (QED) is 0.837. The molecule has 108 valence electrons. The molecular formula is C14H21N5O. The van der Waals surface area contributed by atoms with Gasteiger partial charge in [0.25, 0.3) is 0 Å². The van der Waals surface area contributed by atoms with Crippen molar-refractivity contribution < 1.29 is 4.79 Å². The SMILES string of the molecule is NC1CCCC1C(=O)N1CCN(c2ncccn2)CC1. The van der Waals surface area contributed by atoms with Crippen molar-refractivity contribution in [3.8, 4) is 0 Å². The van der Waals surface area contributed by atoms with Crippen molar-refractivity contribution in [2.24, 2.45) is 11.7 Å². The Bertz CT molecular complexity index is 458. The van der Waals surface area contributed by atoms with E-state index in [2.05, 4.69) is 14.9 Å². The van der Waals surface area contributed by atoms with Crippen LogP contribution >= 0.6 is 0 Å². The van der Waals surface area contributed by atoms with E-state index in [-0.39, 0.29) is 17.9 Å². The number of amides is 1. The third kappa shape index (κ3) is 2.60. The van der Waals surface area contributed by atoms with Gasteiger partial charge in [-0.15, -0.1) is 0 Å². The number of nitrogens with two attached hydrogens (primary N) is 1. The maximum atomic E-state index is 12.5. The lowest BCUT2D eigenvalue weighted by atomic mass is 10.0. The Balaban J connectivity index is 1.57. The molecule has 1 aromatic heterocycles. The first kappa shape index (κ1) is 13.3. The Morgan fingerprint density at radius 3 is 2.45 bits per heavy atom. The van der Waals surface area contributed by atoms with Gasteiger partial charge >= 0.3 is 0 Å². The molecule has 2 unspecified atom stereocenters. The van der Waals surface area contributed by atoms with Gasteiger partial charge in [0, 0.05) is 44.6 Å². The zero-order valence-corrected chi connectivity index (χ0v) is 11.6. The molecule has 1 saturated carbocycles. The lowest BCUT2D eigenvalue weighted by Gasteiger charge is -2.36. The monoisotopic (exact) mass is 275 g/mol. The Labute approximate surface area is 119 Å². The number of hydrogen-bond donors (Lipinski definition) is 1. The van der Waals surface area contributed by atoms with E-state index >= 15 is 0 Å². The number of piperazine rings is 1. The van der Waals surface area contributed by atoms with Crippen LogP contribution in [0.4, 0.5) is 5.95 Å². The molecule has 3 rings (SSSR count). The summed E-state index contributed by atoms with van der Waals surface area (Å²) in [5.74, 6) is 1.02. The lowest BCUT2D eigenvalue weighted by molar-refractivity contribution is -0.136. The van der Waals surface area contributed by atoms with Crippen molar-refractivity contribution in [3.05, 3.63) is 18.5 Å². The zero-order chi connectivity index (χ0) is 13.9. The minimum Gasteiger partial charge on any atom is -0.339 e. The molecule has 0 radical (unpaired) electrons. The van der Waals surface area contributed by atoms with Crippen molar-refractivity contribution in [1.29, 1.82) is 0 Å². The number of carbonyl (C=O) groups is 1. The molecule has 2 fully saturated rings. The maximum absolute atomic E-state index is 12.5. The second-order valence-corrected chi connectivity index (χ2v) is 5.56. The van der Waals surface area contributed by atoms with Gasteiger partial charge in [0.1, 0.15) is 0 Å². The van der Waals surface area contributed by atoms with Gasteiger partial charge in [-0.3, -0.25) is 4.79 Å². The number of carbonyl (C=O) groups excluding carboxylic acids is 1. The minimum absolute atomic E-state index is 0.0366. The molecule has 6 nitrogen and oxygen atoms in total. The molecule has 0 aromatic carbocycles. The summed E-state index contributed by atoms with van der Waals surface area (Å²) in [5.41, 5.74) is 6.03. The molecule has 0 bridgehead atoms. The summed E-state index contributed by atoms with van der Waals surface area (Å²) < 4.78 is 0. The van der Waals surface area contributed by atoms with E-state index in [1.165, 1.54) is 0 Å². The molecule has 6 heteroatoms. The van der Waals surface area contributed by atoms with E-state index in [9.17, 15) is 4.79 Å². The van der Waals surface area contributed by atoms with Gasteiger partial charge < -0.3 is 15.5 Å². The van der Waals surface area contributed by atoms with E-state index in [1.807, 2.05) is 11.0 Å². The van der Waals surface area contributed by atoms with Crippen molar-refractivity contribution in [2.45, 2.75) is 25.3 Å².